The second kappa shape index (κ2) is 21.9. The Kier molecular flexibility index (Phi) is 17.0. The van der Waals surface area contributed by atoms with Crippen LogP contribution in [0.1, 0.15) is 129 Å². The quantitative estimate of drug-likeness (QED) is 0.0722. The van der Waals surface area contributed by atoms with E-state index in [0.29, 0.717) is 71.1 Å². The van der Waals surface area contributed by atoms with Gasteiger partial charge in [0.15, 0.2) is 0 Å². The van der Waals surface area contributed by atoms with Crippen LogP contribution in [0.2, 0.25) is 0 Å². The first-order valence-corrected chi connectivity index (χ1v) is 19.6. The molecular formula is C42H57N5O6. The minimum absolute atomic E-state index is 0.0218. The number of aryl methyl sites for hydroxylation is 1. The number of aromatic nitrogens is 3. The first-order valence-electron chi connectivity index (χ1n) is 19.6. The summed E-state index contributed by atoms with van der Waals surface area (Å²) in [6.45, 7) is 5.02. The Morgan fingerprint density at radius 1 is 0.736 bits per heavy atom. The second-order valence-corrected chi connectivity index (χ2v) is 14.0. The van der Waals surface area contributed by atoms with Gasteiger partial charge in [-0.25, -0.2) is 4.68 Å². The number of benzene rings is 2. The molecule has 2 N–H and O–H groups in total. The normalized spacial score (nSPS) is 12.5. The van der Waals surface area contributed by atoms with Crippen LogP contribution in [-0.4, -0.2) is 56.9 Å². The highest BCUT2D eigenvalue weighted by atomic mass is 16.5. The van der Waals surface area contributed by atoms with Gasteiger partial charge in [0.2, 0.25) is 5.91 Å². The number of ketones is 3. The van der Waals surface area contributed by atoms with Crippen LogP contribution >= 0.6 is 0 Å². The Balaban J connectivity index is 1.27. The number of hydrogen-bond donors (Lipinski definition) is 1. The van der Waals surface area contributed by atoms with E-state index in [4.69, 9.17) is 10.5 Å². The van der Waals surface area contributed by atoms with E-state index in [9.17, 15) is 24.0 Å². The van der Waals surface area contributed by atoms with Gasteiger partial charge in [0.25, 0.3) is 0 Å². The molecule has 11 heteroatoms. The Morgan fingerprint density at radius 2 is 1.40 bits per heavy atom. The molecule has 286 valence electrons. The molecule has 1 amide bonds. The summed E-state index contributed by atoms with van der Waals surface area (Å²) in [5.74, 6) is 0.0759. The van der Waals surface area contributed by atoms with Crippen LogP contribution in [0, 0.1) is 0 Å². The number of carbonyl (C=O) groups is 5. The molecule has 0 saturated heterocycles. The number of ether oxygens (including phenoxy) is 1. The van der Waals surface area contributed by atoms with Crippen molar-refractivity contribution in [3.05, 3.63) is 54.1 Å². The fourth-order valence-electron chi connectivity index (χ4n) is 6.68. The zero-order chi connectivity index (χ0) is 38.0. The lowest BCUT2D eigenvalue weighted by Crippen LogP contribution is -2.31. The van der Waals surface area contributed by atoms with Crippen LogP contribution in [0.25, 0.3) is 22.5 Å². The average Bonchev–Trinajstić information content (AvgIpc) is 3.59. The van der Waals surface area contributed by atoms with Crippen LogP contribution in [0.3, 0.4) is 0 Å². The highest BCUT2D eigenvalue weighted by Crippen LogP contribution is 2.41. The third-order valence-electron chi connectivity index (χ3n) is 9.96. The third-order valence-corrected chi connectivity index (χ3v) is 9.96. The molecule has 53 heavy (non-hydrogen) atoms. The van der Waals surface area contributed by atoms with Gasteiger partial charge < -0.3 is 15.4 Å². The largest absolute Gasteiger partial charge is 0.466 e. The number of hydrogen-bond acceptors (Lipinski definition) is 9. The fourth-order valence-corrected chi connectivity index (χ4v) is 6.68. The summed E-state index contributed by atoms with van der Waals surface area (Å²) in [6.07, 6.45) is 10.5. The molecule has 1 aliphatic rings. The molecule has 0 aliphatic carbocycles. The maximum Gasteiger partial charge on any atom is 0.306 e. The molecule has 0 spiro atoms. The molecule has 2 aromatic carbocycles. The van der Waals surface area contributed by atoms with E-state index in [1.54, 1.807) is 6.92 Å². The first-order chi connectivity index (χ1) is 25.7. The first kappa shape index (κ1) is 41.2. The SMILES string of the molecule is CCC(=O)CCCCC(=O)N1Cc2ccccc2-c2nnn(CCCCC(N)C(=O)CCCCCCCOC(=O)CCC(=O)CC)c2-c2ccccc21. The molecule has 1 unspecified atom stereocenters. The zero-order valence-electron chi connectivity index (χ0n) is 31.7. The van der Waals surface area contributed by atoms with E-state index >= 15 is 0 Å². The van der Waals surface area contributed by atoms with Gasteiger partial charge in [-0.15, -0.1) is 5.10 Å². The highest BCUT2D eigenvalue weighted by Gasteiger charge is 2.29. The third kappa shape index (κ3) is 12.6. The van der Waals surface area contributed by atoms with Crippen molar-refractivity contribution in [3.63, 3.8) is 0 Å². The van der Waals surface area contributed by atoms with E-state index in [-0.39, 0.29) is 42.1 Å². The number of amides is 1. The van der Waals surface area contributed by atoms with Crippen molar-refractivity contribution in [3.8, 4) is 22.5 Å². The smallest absolute Gasteiger partial charge is 0.306 e. The second-order valence-electron chi connectivity index (χ2n) is 14.0. The van der Waals surface area contributed by atoms with E-state index in [2.05, 4.69) is 10.3 Å². The number of carbonyl (C=O) groups excluding carboxylic acids is 5. The van der Waals surface area contributed by atoms with Gasteiger partial charge >= 0.3 is 5.97 Å². The van der Waals surface area contributed by atoms with Gasteiger partial charge in [-0.1, -0.05) is 80.8 Å². The Hall–Kier alpha value is -4.51. The summed E-state index contributed by atoms with van der Waals surface area (Å²) in [5, 5.41) is 9.24. The molecule has 2 heterocycles. The van der Waals surface area contributed by atoms with E-state index in [1.807, 2.05) is 65.0 Å². The van der Waals surface area contributed by atoms with Crippen LogP contribution in [-0.2, 0) is 41.8 Å². The number of para-hydroxylation sites is 1. The highest BCUT2D eigenvalue weighted by molar-refractivity contribution is 6.00. The lowest BCUT2D eigenvalue weighted by molar-refractivity contribution is -0.145. The van der Waals surface area contributed by atoms with Crippen molar-refractivity contribution < 1.29 is 28.7 Å². The van der Waals surface area contributed by atoms with Crippen LogP contribution in [0.5, 0.6) is 0 Å². The topological polar surface area (TPSA) is 155 Å². The van der Waals surface area contributed by atoms with Crippen molar-refractivity contribution in [1.29, 1.82) is 0 Å². The summed E-state index contributed by atoms with van der Waals surface area (Å²) in [4.78, 5) is 63.2. The Morgan fingerprint density at radius 3 is 2.19 bits per heavy atom. The van der Waals surface area contributed by atoms with E-state index in [0.717, 1.165) is 78.7 Å². The summed E-state index contributed by atoms with van der Waals surface area (Å²) in [7, 11) is 0. The van der Waals surface area contributed by atoms with Crippen molar-refractivity contribution in [2.75, 3.05) is 11.5 Å². The molecule has 1 aliphatic heterocycles. The van der Waals surface area contributed by atoms with Crippen molar-refractivity contribution in [2.24, 2.45) is 5.73 Å². The van der Waals surface area contributed by atoms with Gasteiger partial charge in [0, 0.05) is 56.2 Å². The zero-order valence-corrected chi connectivity index (χ0v) is 31.7. The molecule has 1 atom stereocenters. The van der Waals surface area contributed by atoms with Gasteiger partial charge in [0.1, 0.15) is 23.0 Å². The lowest BCUT2D eigenvalue weighted by atomic mass is 9.95. The van der Waals surface area contributed by atoms with Gasteiger partial charge in [-0.3, -0.25) is 24.0 Å². The maximum absolute atomic E-state index is 13.8. The molecule has 0 saturated carbocycles. The average molecular weight is 728 g/mol. The number of anilines is 1. The Bertz CT molecular complexity index is 1680. The molecule has 4 rings (SSSR count). The van der Waals surface area contributed by atoms with Crippen molar-refractivity contribution >= 4 is 34.9 Å². The standard InChI is InChI=1S/C42H57N5O6/c1-3-32(48)19-10-14-25-39(51)46-30-31-18-9-11-20-34(31)41-42(35-21-12-13-23-37(35)46)47(45-44-41)28-16-15-22-36(43)38(50)24-8-6-5-7-17-29-53-40(52)27-26-33(49)4-2/h9,11-13,18,20-21,23,36H,3-8,10,14-17,19,22,24-30,43H2,1-2H3. The van der Waals surface area contributed by atoms with Crippen LogP contribution in [0.4, 0.5) is 5.69 Å². The number of nitrogens with two attached hydrogens (primary N) is 1. The van der Waals surface area contributed by atoms with Gasteiger partial charge in [-0.2, -0.15) is 0 Å². The summed E-state index contributed by atoms with van der Waals surface area (Å²) >= 11 is 0. The predicted octanol–water partition coefficient (Wildman–Crippen LogP) is 7.71. The number of nitrogens with zero attached hydrogens (tertiary/aromatic N) is 4. The Labute approximate surface area is 314 Å². The number of rotatable bonds is 24. The van der Waals surface area contributed by atoms with Crippen LogP contribution in [0.15, 0.2) is 48.5 Å². The lowest BCUT2D eigenvalue weighted by Gasteiger charge is -2.29. The molecule has 11 nitrogen and oxygen atoms in total. The predicted molar refractivity (Wildman–Crippen MR) is 206 cm³/mol. The van der Waals surface area contributed by atoms with Gasteiger partial charge in [-0.05, 0) is 56.6 Å². The molecule has 0 bridgehead atoms. The van der Waals surface area contributed by atoms with Crippen molar-refractivity contribution in [1.82, 2.24) is 15.0 Å². The van der Waals surface area contributed by atoms with Crippen molar-refractivity contribution in [2.45, 2.75) is 142 Å². The van der Waals surface area contributed by atoms with Gasteiger partial charge in [0.05, 0.1) is 37.0 Å². The number of fused-ring (bicyclic) bond motifs is 5. The van der Waals surface area contributed by atoms with E-state index < -0.39 is 6.04 Å². The minimum Gasteiger partial charge on any atom is -0.466 e. The molecule has 0 radical (unpaired) electrons. The summed E-state index contributed by atoms with van der Waals surface area (Å²) in [5.41, 5.74) is 11.6. The molecule has 0 fully saturated rings. The molecule has 1 aromatic heterocycles. The van der Waals surface area contributed by atoms with E-state index in [1.165, 1.54) is 0 Å². The molecular weight excluding hydrogens is 670 g/mol. The summed E-state index contributed by atoms with van der Waals surface area (Å²) in [6, 6.07) is 15.4. The number of esters is 1. The number of Topliss-reactive ketones (excluding diaryl/α,β-unsaturated/α-hetero) is 3. The van der Waals surface area contributed by atoms with Crippen LogP contribution < -0.4 is 10.6 Å². The molecule has 3 aromatic rings. The minimum atomic E-state index is -0.502. The number of unbranched alkanes of at least 4 members (excludes halogenated alkanes) is 6. The fraction of sp³-hybridized carbons (Fsp3) is 0.548. The monoisotopic (exact) mass is 727 g/mol. The maximum atomic E-state index is 13.8. The summed E-state index contributed by atoms with van der Waals surface area (Å²) < 4.78 is 7.11.